The van der Waals surface area contributed by atoms with E-state index >= 15 is 0 Å². The maximum Gasteiger partial charge on any atom is 0.272 e. The van der Waals surface area contributed by atoms with Crippen LogP contribution in [-0.2, 0) is 0 Å². The Balaban J connectivity index is 1.58. The fourth-order valence-corrected chi connectivity index (χ4v) is 3.24. The molecule has 1 saturated heterocycles. The summed E-state index contributed by atoms with van der Waals surface area (Å²) in [5.41, 5.74) is 0.432. The third-order valence-corrected chi connectivity index (χ3v) is 4.50. The second kappa shape index (κ2) is 6.87. The number of carbonyl (C=O) groups is 1. The molecular formula is C16H24N4O. The van der Waals surface area contributed by atoms with E-state index < -0.39 is 0 Å². The third-order valence-electron chi connectivity index (χ3n) is 4.50. The number of rotatable bonds is 3. The van der Waals surface area contributed by atoms with Crippen LogP contribution in [0.3, 0.4) is 0 Å². The van der Waals surface area contributed by atoms with Gasteiger partial charge in [-0.2, -0.15) is 0 Å². The van der Waals surface area contributed by atoms with Crippen molar-refractivity contribution in [1.29, 1.82) is 0 Å². The second-order valence-corrected chi connectivity index (χ2v) is 6.13. The molecule has 0 atom stereocenters. The number of amides is 1. The number of anilines is 1. The van der Waals surface area contributed by atoms with Gasteiger partial charge in [0.2, 0.25) is 0 Å². The van der Waals surface area contributed by atoms with Crippen molar-refractivity contribution in [3.63, 3.8) is 0 Å². The molecule has 0 unspecified atom stereocenters. The molecule has 5 heteroatoms. The summed E-state index contributed by atoms with van der Waals surface area (Å²) >= 11 is 0. The number of nitrogens with zero attached hydrogens (tertiary/aromatic N) is 3. The van der Waals surface area contributed by atoms with Gasteiger partial charge in [0.05, 0.1) is 0 Å². The average molecular weight is 288 g/mol. The molecule has 114 valence electrons. The number of aromatic nitrogens is 2. The Labute approximate surface area is 126 Å². The van der Waals surface area contributed by atoms with Gasteiger partial charge in [0.15, 0.2) is 11.5 Å². The first-order valence-corrected chi connectivity index (χ1v) is 8.22. The summed E-state index contributed by atoms with van der Waals surface area (Å²) in [6.45, 7) is 2.09. The van der Waals surface area contributed by atoms with Crippen molar-refractivity contribution in [2.75, 3.05) is 18.0 Å². The summed E-state index contributed by atoms with van der Waals surface area (Å²) in [6.07, 6.45) is 9.62. The van der Waals surface area contributed by atoms with E-state index in [-0.39, 0.29) is 5.91 Å². The highest BCUT2D eigenvalue weighted by Gasteiger charge is 2.18. The molecule has 1 aromatic rings. The van der Waals surface area contributed by atoms with E-state index in [1.165, 1.54) is 38.5 Å². The van der Waals surface area contributed by atoms with Crippen LogP contribution in [0.1, 0.15) is 61.9 Å². The Morgan fingerprint density at radius 2 is 1.71 bits per heavy atom. The van der Waals surface area contributed by atoms with Crippen LogP contribution in [0.4, 0.5) is 5.82 Å². The lowest BCUT2D eigenvalue weighted by atomic mass is 9.95. The first-order valence-electron chi connectivity index (χ1n) is 8.22. The van der Waals surface area contributed by atoms with Crippen molar-refractivity contribution in [2.24, 2.45) is 0 Å². The molecule has 1 N–H and O–H groups in total. The monoisotopic (exact) mass is 288 g/mol. The van der Waals surface area contributed by atoms with Crippen molar-refractivity contribution in [3.05, 3.63) is 17.8 Å². The molecule has 1 aromatic heterocycles. The summed E-state index contributed by atoms with van der Waals surface area (Å²) in [5.74, 6) is 0.809. The van der Waals surface area contributed by atoms with Crippen LogP contribution >= 0.6 is 0 Å². The summed E-state index contributed by atoms with van der Waals surface area (Å²) in [7, 11) is 0. The van der Waals surface area contributed by atoms with Crippen LogP contribution in [0.5, 0.6) is 0 Å². The fourth-order valence-electron chi connectivity index (χ4n) is 3.24. The van der Waals surface area contributed by atoms with Crippen LogP contribution in [0.2, 0.25) is 0 Å². The standard InChI is InChI=1S/C16H24N4O/c21-16(17-13-7-3-1-4-8-13)14-9-10-15(19-18-14)20-11-5-2-6-12-20/h9-10,13H,1-8,11-12H2,(H,17,21). The smallest absolute Gasteiger partial charge is 0.272 e. The second-order valence-electron chi connectivity index (χ2n) is 6.13. The molecule has 1 amide bonds. The first-order chi connectivity index (χ1) is 10.3. The van der Waals surface area contributed by atoms with Gasteiger partial charge in [0, 0.05) is 19.1 Å². The minimum absolute atomic E-state index is 0.0837. The van der Waals surface area contributed by atoms with Crippen molar-refractivity contribution in [1.82, 2.24) is 15.5 Å². The Bertz CT molecular complexity index is 462. The zero-order chi connectivity index (χ0) is 14.5. The van der Waals surface area contributed by atoms with E-state index in [0.717, 1.165) is 31.7 Å². The molecule has 1 saturated carbocycles. The summed E-state index contributed by atoms with van der Waals surface area (Å²) < 4.78 is 0. The fraction of sp³-hybridized carbons (Fsp3) is 0.688. The van der Waals surface area contributed by atoms with Crippen molar-refractivity contribution in [3.8, 4) is 0 Å². The highest BCUT2D eigenvalue weighted by molar-refractivity contribution is 5.92. The summed E-state index contributed by atoms with van der Waals surface area (Å²) in [5, 5.41) is 11.4. The predicted molar refractivity (Wildman–Crippen MR) is 82.4 cm³/mol. The minimum Gasteiger partial charge on any atom is -0.355 e. The van der Waals surface area contributed by atoms with E-state index in [1.807, 2.05) is 6.07 Å². The molecule has 2 heterocycles. The maximum atomic E-state index is 12.2. The Morgan fingerprint density at radius 1 is 1.00 bits per heavy atom. The first kappa shape index (κ1) is 14.3. The Hall–Kier alpha value is -1.65. The van der Waals surface area contributed by atoms with Gasteiger partial charge in [-0.3, -0.25) is 4.79 Å². The van der Waals surface area contributed by atoms with Gasteiger partial charge < -0.3 is 10.2 Å². The highest BCUT2D eigenvalue weighted by Crippen LogP contribution is 2.18. The molecule has 0 radical (unpaired) electrons. The number of piperidine rings is 1. The van der Waals surface area contributed by atoms with Gasteiger partial charge in [0.25, 0.3) is 5.91 Å². The molecule has 2 aliphatic rings. The molecule has 1 aliphatic heterocycles. The van der Waals surface area contributed by atoms with Crippen molar-refractivity contribution in [2.45, 2.75) is 57.4 Å². The normalized spacial score (nSPS) is 20.3. The number of hydrogen-bond acceptors (Lipinski definition) is 4. The average Bonchev–Trinajstić information content (AvgIpc) is 2.57. The van der Waals surface area contributed by atoms with E-state index in [4.69, 9.17) is 0 Å². The van der Waals surface area contributed by atoms with Crippen LogP contribution in [0, 0.1) is 0 Å². The Morgan fingerprint density at radius 3 is 2.38 bits per heavy atom. The number of carbonyl (C=O) groups excluding carboxylic acids is 1. The van der Waals surface area contributed by atoms with E-state index in [0.29, 0.717) is 11.7 Å². The zero-order valence-corrected chi connectivity index (χ0v) is 12.6. The lowest BCUT2D eigenvalue weighted by molar-refractivity contribution is 0.0921. The topological polar surface area (TPSA) is 58.1 Å². The molecule has 1 aliphatic carbocycles. The van der Waals surface area contributed by atoms with Gasteiger partial charge in [-0.15, -0.1) is 10.2 Å². The molecule has 21 heavy (non-hydrogen) atoms. The molecule has 0 bridgehead atoms. The number of hydrogen-bond donors (Lipinski definition) is 1. The molecule has 5 nitrogen and oxygen atoms in total. The van der Waals surface area contributed by atoms with E-state index in [1.54, 1.807) is 6.07 Å². The van der Waals surface area contributed by atoms with Crippen molar-refractivity contribution < 1.29 is 4.79 Å². The van der Waals surface area contributed by atoms with Gasteiger partial charge >= 0.3 is 0 Å². The SMILES string of the molecule is O=C(NC1CCCCC1)c1ccc(N2CCCCC2)nn1. The van der Waals surface area contributed by atoms with Gasteiger partial charge in [0.1, 0.15) is 0 Å². The molecule has 0 aromatic carbocycles. The van der Waals surface area contributed by atoms with Crippen LogP contribution in [-0.4, -0.2) is 35.2 Å². The summed E-state index contributed by atoms with van der Waals surface area (Å²) in [6, 6.07) is 4.04. The van der Waals surface area contributed by atoms with Gasteiger partial charge in [-0.05, 0) is 44.2 Å². The lowest BCUT2D eigenvalue weighted by Crippen LogP contribution is -2.37. The van der Waals surface area contributed by atoms with Crippen LogP contribution < -0.4 is 10.2 Å². The zero-order valence-electron chi connectivity index (χ0n) is 12.6. The Kier molecular flexibility index (Phi) is 4.68. The van der Waals surface area contributed by atoms with Crippen LogP contribution in [0.15, 0.2) is 12.1 Å². The highest BCUT2D eigenvalue weighted by atomic mass is 16.2. The largest absolute Gasteiger partial charge is 0.355 e. The van der Waals surface area contributed by atoms with E-state index in [9.17, 15) is 4.79 Å². The minimum atomic E-state index is -0.0837. The number of nitrogens with one attached hydrogen (secondary N) is 1. The van der Waals surface area contributed by atoms with Crippen LogP contribution in [0.25, 0.3) is 0 Å². The lowest BCUT2D eigenvalue weighted by Gasteiger charge is -2.27. The molecule has 0 spiro atoms. The quantitative estimate of drug-likeness (QED) is 0.928. The van der Waals surface area contributed by atoms with Crippen molar-refractivity contribution >= 4 is 11.7 Å². The maximum absolute atomic E-state index is 12.2. The predicted octanol–water partition coefficient (Wildman–Crippen LogP) is 2.53. The summed E-state index contributed by atoms with van der Waals surface area (Å²) in [4.78, 5) is 14.4. The molecular weight excluding hydrogens is 264 g/mol. The third kappa shape index (κ3) is 3.71. The van der Waals surface area contributed by atoms with Gasteiger partial charge in [-0.25, -0.2) is 0 Å². The molecule has 2 fully saturated rings. The van der Waals surface area contributed by atoms with E-state index in [2.05, 4.69) is 20.4 Å². The van der Waals surface area contributed by atoms with Gasteiger partial charge in [-0.1, -0.05) is 19.3 Å². The molecule has 3 rings (SSSR count).